The fourth-order valence-corrected chi connectivity index (χ4v) is 4.31. The van der Waals surface area contributed by atoms with Crippen molar-refractivity contribution in [3.8, 4) is 0 Å². The van der Waals surface area contributed by atoms with E-state index in [9.17, 15) is 4.79 Å². The van der Waals surface area contributed by atoms with E-state index in [1.807, 2.05) is 24.5 Å². The van der Waals surface area contributed by atoms with Crippen molar-refractivity contribution in [3.63, 3.8) is 0 Å². The lowest BCUT2D eigenvalue weighted by Crippen LogP contribution is -2.34. The second-order valence-corrected chi connectivity index (χ2v) is 7.56. The Morgan fingerprint density at radius 1 is 1.48 bits per heavy atom. The summed E-state index contributed by atoms with van der Waals surface area (Å²) >= 11 is 3.30. The topological polar surface area (TPSA) is 68.0 Å². The van der Waals surface area contributed by atoms with Gasteiger partial charge in [0.05, 0.1) is 10.2 Å². The molecular formula is C15H19N3OS2. The first-order valence-corrected chi connectivity index (χ1v) is 9.21. The molecule has 2 unspecified atom stereocenters. The number of benzene rings is 1. The molecule has 1 aliphatic carbocycles. The first kappa shape index (κ1) is 14.8. The summed E-state index contributed by atoms with van der Waals surface area (Å²) in [6.45, 7) is 0. The van der Waals surface area contributed by atoms with Crippen molar-refractivity contribution in [1.82, 2.24) is 4.98 Å². The standard InChI is InChI=1S/C15H19N3OS2/c1-20-15-18-12-6-5-11(8-13(12)21-15)17-14(19)9-3-2-4-10(16)7-9/h5-6,8-10H,2-4,7,16H2,1H3,(H,17,19). The molecule has 21 heavy (non-hydrogen) atoms. The van der Waals surface area contributed by atoms with Crippen LogP contribution >= 0.6 is 23.1 Å². The summed E-state index contributed by atoms with van der Waals surface area (Å²) in [6.07, 6.45) is 5.84. The zero-order valence-corrected chi connectivity index (χ0v) is 13.6. The third-order valence-electron chi connectivity index (χ3n) is 3.90. The molecule has 0 saturated heterocycles. The number of hydrogen-bond acceptors (Lipinski definition) is 5. The van der Waals surface area contributed by atoms with Crippen molar-refractivity contribution in [2.75, 3.05) is 11.6 Å². The Morgan fingerprint density at radius 2 is 2.33 bits per heavy atom. The number of rotatable bonds is 3. The van der Waals surface area contributed by atoms with Crippen molar-refractivity contribution in [3.05, 3.63) is 18.2 Å². The highest BCUT2D eigenvalue weighted by atomic mass is 32.2. The predicted octanol–water partition coefficient (Wildman–Crippen LogP) is 3.47. The van der Waals surface area contributed by atoms with Crippen LogP contribution < -0.4 is 11.1 Å². The van der Waals surface area contributed by atoms with Gasteiger partial charge in [-0.1, -0.05) is 18.2 Å². The maximum Gasteiger partial charge on any atom is 0.227 e. The van der Waals surface area contributed by atoms with Gasteiger partial charge in [-0.25, -0.2) is 4.98 Å². The van der Waals surface area contributed by atoms with Crippen molar-refractivity contribution < 1.29 is 4.79 Å². The number of nitrogens with zero attached hydrogens (tertiary/aromatic N) is 1. The normalized spacial score (nSPS) is 22.4. The predicted molar refractivity (Wildman–Crippen MR) is 90.0 cm³/mol. The van der Waals surface area contributed by atoms with Crippen LogP contribution in [-0.4, -0.2) is 23.2 Å². The molecule has 1 heterocycles. The van der Waals surface area contributed by atoms with Crippen LogP contribution in [0.15, 0.2) is 22.5 Å². The van der Waals surface area contributed by atoms with Gasteiger partial charge >= 0.3 is 0 Å². The number of nitrogens with one attached hydrogen (secondary N) is 1. The molecule has 0 aliphatic heterocycles. The van der Waals surface area contributed by atoms with Gasteiger partial charge in [0, 0.05) is 17.6 Å². The van der Waals surface area contributed by atoms with Gasteiger partial charge in [-0.15, -0.1) is 11.3 Å². The summed E-state index contributed by atoms with van der Waals surface area (Å²) in [5, 5.41) is 3.03. The highest BCUT2D eigenvalue weighted by Gasteiger charge is 2.25. The van der Waals surface area contributed by atoms with Crippen LogP contribution in [-0.2, 0) is 4.79 Å². The fourth-order valence-electron chi connectivity index (χ4n) is 2.78. The number of anilines is 1. The molecule has 2 atom stereocenters. The highest BCUT2D eigenvalue weighted by molar-refractivity contribution is 8.00. The molecule has 3 N–H and O–H groups in total. The summed E-state index contributed by atoms with van der Waals surface area (Å²) in [5.74, 6) is 0.145. The number of fused-ring (bicyclic) bond motifs is 1. The number of aromatic nitrogens is 1. The molecule has 3 rings (SSSR count). The molecule has 1 aromatic carbocycles. The van der Waals surface area contributed by atoms with E-state index in [-0.39, 0.29) is 17.9 Å². The molecule has 0 bridgehead atoms. The van der Waals surface area contributed by atoms with E-state index in [2.05, 4.69) is 10.3 Å². The minimum absolute atomic E-state index is 0.0488. The summed E-state index contributed by atoms with van der Waals surface area (Å²) in [7, 11) is 0. The number of carbonyl (C=O) groups is 1. The Kier molecular flexibility index (Phi) is 4.47. The van der Waals surface area contributed by atoms with Gasteiger partial charge in [-0.3, -0.25) is 4.79 Å². The first-order chi connectivity index (χ1) is 10.2. The molecule has 0 spiro atoms. The van der Waals surface area contributed by atoms with Crippen molar-refractivity contribution >= 4 is 44.9 Å². The smallest absolute Gasteiger partial charge is 0.227 e. The zero-order chi connectivity index (χ0) is 14.8. The summed E-state index contributed by atoms with van der Waals surface area (Å²) < 4.78 is 2.16. The molecule has 2 aromatic rings. The first-order valence-electron chi connectivity index (χ1n) is 7.16. The number of thioether (sulfide) groups is 1. The molecule has 1 aliphatic rings. The molecular weight excluding hydrogens is 302 g/mol. The Hall–Kier alpha value is -1.11. The van der Waals surface area contributed by atoms with Crippen molar-refractivity contribution in [2.24, 2.45) is 11.7 Å². The van der Waals surface area contributed by atoms with Gasteiger partial charge in [0.1, 0.15) is 0 Å². The van der Waals surface area contributed by atoms with E-state index in [1.165, 1.54) is 0 Å². The lowest BCUT2D eigenvalue weighted by Gasteiger charge is -2.25. The van der Waals surface area contributed by atoms with Crippen LogP contribution in [0.4, 0.5) is 5.69 Å². The molecule has 1 amide bonds. The van der Waals surface area contributed by atoms with E-state index in [0.29, 0.717) is 0 Å². The van der Waals surface area contributed by atoms with Gasteiger partial charge in [0.2, 0.25) is 5.91 Å². The lowest BCUT2D eigenvalue weighted by atomic mass is 9.85. The van der Waals surface area contributed by atoms with Crippen LogP contribution in [0.1, 0.15) is 25.7 Å². The van der Waals surface area contributed by atoms with Gasteiger partial charge < -0.3 is 11.1 Å². The highest BCUT2D eigenvalue weighted by Crippen LogP contribution is 2.30. The molecule has 6 heteroatoms. The van der Waals surface area contributed by atoms with Gasteiger partial charge in [0.25, 0.3) is 0 Å². The molecule has 1 aromatic heterocycles. The minimum Gasteiger partial charge on any atom is -0.328 e. The van der Waals surface area contributed by atoms with E-state index in [0.717, 1.165) is 45.9 Å². The molecule has 4 nitrogen and oxygen atoms in total. The Bertz CT molecular complexity index is 655. The number of thiazole rings is 1. The molecule has 0 radical (unpaired) electrons. The van der Waals surface area contributed by atoms with Crippen molar-refractivity contribution in [1.29, 1.82) is 0 Å². The van der Waals surface area contributed by atoms with Crippen molar-refractivity contribution in [2.45, 2.75) is 36.1 Å². The largest absolute Gasteiger partial charge is 0.328 e. The monoisotopic (exact) mass is 321 g/mol. The zero-order valence-electron chi connectivity index (χ0n) is 12.0. The SMILES string of the molecule is CSc1nc2ccc(NC(=O)C3CCCC(N)C3)cc2s1. The summed E-state index contributed by atoms with van der Waals surface area (Å²) in [6, 6.07) is 6.07. The van der Waals surface area contributed by atoms with E-state index in [1.54, 1.807) is 23.1 Å². The summed E-state index contributed by atoms with van der Waals surface area (Å²) in [5.41, 5.74) is 7.80. The van der Waals surface area contributed by atoms with Crippen LogP contribution in [0.2, 0.25) is 0 Å². The number of nitrogens with two attached hydrogens (primary N) is 1. The second-order valence-electron chi connectivity index (χ2n) is 5.48. The van der Waals surface area contributed by atoms with Crippen LogP contribution in [0.5, 0.6) is 0 Å². The lowest BCUT2D eigenvalue weighted by molar-refractivity contribution is -0.120. The van der Waals surface area contributed by atoms with E-state index in [4.69, 9.17) is 5.73 Å². The molecule has 112 valence electrons. The van der Waals surface area contributed by atoms with Gasteiger partial charge in [-0.05, 0) is 43.7 Å². The Balaban J connectivity index is 1.73. The number of hydrogen-bond donors (Lipinski definition) is 2. The third-order valence-corrected chi connectivity index (χ3v) is 5.90. The van der Waals surface area contributed by atoms with E-state index < -0.39 is 0 Å². The Morgan fingerprint density at radius 3 is 3.10 bits per heavy atom. The van der Waals surface area contributed by atoms with Crippen LogP contribution in [0.3, 0.4) is 0 Å². The number of carbonyl (C=O) groups excluding carboxylic acids is 1. The molecule has 1 saturated carbocycles. The average Bonchev–Trinajstić information content (AvgIpc) is 2.89. The Labute approximate surface area is 132 Å². The minimum atomic E-state index is 0.0488. The number of amides is 1. The van der Waals surface area contributed by atoms with Crippen LogP contribution in [0.25, 0.3) is 10.2 Å². The van der Waals surface area contributed by atoms with Crippen LogP contribution in [0, 0.1) is 5.92 Å². The fraction of sp³-hybridized carbons (Fsp3) is 0.467. The maximum atomic E-state index is 12.3. The molecule has 1 fully saturated rings. The summed E-state index contributed by atoms with van der Waals surface area (Å²) in [4.78, 5) is 16.8. The third kappa shape index (κ3) is 3.39. The van der Waals surface area contributed by atoms with E-state index >= 15 is 0 Å². The van der Waals surface area contributed by atoms with Gasteiger partial charge in [-0.2, -0.15) is 0 Å². The quantitative estimate of drug-likeness (QED) is 0.849. The van der Waals surface area contributed by atoms with Gasteiger partial charge in [0.15, 0.2) is 4.34 Å². The maximum absolute atomic E-state index is 12.3. The average molecular weight is 321 g/mol. The second kappa shape index (κ2) is 6.34.